The number of hydrogen-bond acceptors (Lipinski definition) is 5. The molecule has 2 rings (SSSR count). The molecule has 1 heterocycles. The zero-order valence-electron chi connectivity index (χ0n) is 11.9. The molecule has 0 aliphatic heterocycles. The Bertz CT molecular complexity index is 386. The molecule has 0 bridgehead atoms. The van der Waals surface area contributed by atoms with Gasteiger partial charge in [-0.3, -0.25) is 0 Å². The van der Waals surface area contributed by atoms with Crippen LogP contribution < -0.4 is 15.8 Å². The predicted molar refractivity (Wildman–Crippen MR) is 81.9 cm³/mol. The Kier molecular flexibility index (Phi) is 5.31. The standard InChI is InChI=1S/C14H25N3OS/c1-3-10-5-7-11(8-6-10)9-16-14-12(18-4-2)13(15)17-19-14/h10-11,16H,3-9H2,1-2H3,(H2,15,17). The Morgan fingerprint density at radius 3 is 2.58 bits per heavy atom. The van der Waals surface area contributed by atoms with Crippen LogP contribution in [0, 0.1) is 11.8 Å². The summed E-state index contributed by atoms with van der Waals surface area (Å²) in [4.78, 5) is 0. The molecule has 1 aliphatic rings. The number of nitrogen functional groups attached to an aromatic ring is 1. The van der Waals surface area contributed by atoms with E-state index in [1.165, 1.54) is 43.6 Å². The van der Waals surface area contributed by atoms with Crippen LogP contribution in [0.15, 0.2) is 0 Å². The van der Waals surface area contributed by atoms with Crippen molar-refractivity contribution in [2.75, 3.05) is 24.2 Å². The van der Waals surface area contributed by atoms with Crippen molar-refractivity contribution in [1.82, 2.24) is 4.37 Å². The van der Waals surface area contributed by atoms with E-state index in [2.05, 4.69) is 16.6 Å². The number of aromatic nitrogens is 1. The van der Waals surface area contributed by atoms with Crippen LogP contribution in [0.3, 0.4) is 0 Å². The second kappa shape index (κ2) is 6.98. The van der Waals surface area contributed by atoms with Gasteiger partial charge in [-0.15, -0.1) is 0 Å². The van der Waals surface area contributed by atoms with Gasteiger partial charge in [0.25, 0.3) is 0 Å². The van der Waals surface area contributed by atoms with Gasteiger partial charge in [0.2, 0.25) is 0 Å². The van der Waals surface area contributed by atoms with Gasteiger partial charge in [0.1, 0.15) is 0 Å². The maximum absolute atomic E-state index is 5.81. The smallest absolute Gasteiger partial charge is 0.197 e. The van der Waals surface area contributed by atoms with Crippen LogP contribution in [0.1, 0.15) is 46.0 Å². The van der Waals surface area contributed by atoms with E-state index < -0.39 is 0 Å². The average Bonchev–Trinajstić information content (AvgIpc) is 2.79. The number of ether oxygens (including phenoxy) is 1. The Labute approximate surface area is 119 Å². The summed E-state index contributed by atoms with van der Waals surface area (Å²) in [5.74, 6) is 2.97. The molecule has 1 saturated carbocycles. The summed E-state index contributed by atoms with van der Waals surface area (Å²) >= 11 is 1.40. The minimum Gasteiger partial charge on any atom is -0.487 e. The topological polar surface area (TPSA) is 60.2 Å². The van der Waals surface area contributed by atoms with E-state index in [0.29, 0.717) is 12.4 Å². The highest BCUT2D eigenvalue weighted by Crippen LogP contribution is 2.36. The van der Waals surface area contributed by atoms with Crippen molar-refractivity contribution in [3.8, 4) is 5.75 Å². The molecule has 1 aromatic heterocycles. The van der Waals surface area contributed by atoms with Gasteiger partial charge < -0.3 is 15.8 Å². The number of rotatable bonds is 6. The Morgan fingerprint density at radius 2 is 1.95 bits per heavy atom. The highest BCUT2D eigenvalue weighted by Gasteiger charge is 2.21. The van der Waals surface area contributed by atoms with Gasteiger partial charge in [-0.2, -0.15) is 4.37 Å². The zero-order chi connectivity index (χ0) is 13.7. The molecule has 0 radical (unpaired) electrons. The van der Waals surface area contributed by atoms with Crippen LogP contribution in [0.25, 0.3) is 0 Å². The number of nitrogens with zero attached hydrogens (tertiary/aromatic N) is 1. The molecule has 19 heavy (non-hydrogen) atoms. The summed E-state index contributed by atoms with van der Waals surface area (Å²) in [5.41, 5.74) is 5.81. The summed E-state index contributed by atoms with van der Waals surface area (Å²) in [5, 5.41) is 4.46. The van der Waals surface area contributed by atoms with E-state index in [9.17, 15) is 0 Å². The Morgan fingerprint density at radius 1 is 1.26 bits per heavy atom. The molecule has 3 N–H and O–H groups in total. The van der Waals surface area contributed by atoms with Gasteiger partial charge >= 0.3 is 0 Å². The molecule has 0 atom stereocenters. The van der Waals surface area contributed by atoms with Crippen molar-refractivity contribution < 1.29 is 4.74 Å². The van der Waals surface area contributed by atoms with E-state index in [0.717, 1.165) is 29.1 Å². The van der Waals surface area contributed by atoms with Crippen LogP contribution >= 0.6 is 11.5 Å². The highest BCUT2D eigenvalue weighted by molar-refractivity contribution is 7.11. The summed E-state index contributed by atoms with van der Waals surface area (Å²) in [7, 11) is 0. The lowest BCUT2D eigenvalue weighted by Crippen LogP contribution is -2.20. The second-order valence-electron chi connectivity index (χ2n) is 5.33. The number of nitrogens with two attached hydrogens (primary N) is 1. The highest BCUT2D eigenvalue weighted by atomic mass is 32.1. The van der Waals surface area contributed by atoms with E-state index in [1.54, 1.807) is 0 Å². The fraction of sp³-hybridized carbons (Fsp3) is 0.786. The molecule has 1 fully saturated rings. The maximum atomic E-state index is 5.81. The van der Waals surface area contributed by atoms with Crippen molar-refractivity contribution in [3.63, 3.8) is 0 Å². The maximum Gasteiger partial charge on any atom is 0.197 e. The number of hydrogen-bond donors (Lipinski definition) is 2. The molecule has 108 valence electrons. The van der Waals surface area contributed by atoms with Crippen molar-refractivity contribution in [1.29, 1.82) is 0 Å². The summed E-state index contributed by atoms with van der Waals surface area (Å²) in [6.07, 6.45) is 6.77. The lowest BCUT2D eigenvalue weighted by molar-refractivity contribution is 0.278. The third-order valence-electron chi connectivity index (χ3n) is 4.06. The normalized spacial score (nSPS) is 23.3. The molecular weight excluding hydrogens is 258 g/mol. The van der Waals surface area contributed by atoms with Gasteiger partial charge in [-0.25, -0.2) is 0 Å². The first-order valence-electron chi connectivity index (χ1n) is 7.36. The quantitative estimate of drug-likeness (QED) is 0.834. The van der Waals surface area contributed by atoms with Gasteiger partial charge in [0.15, 0.2) is 16.6 Å². The molecule has 5 heteroatoms. The largest absolute Gasteiger partial charge is 0.487 e. The van der Waals surface area contributed by atoms with E-state index in [4.69, 9.17) is 10.5 Å². The third-order valence-corrected chi connectivity index (χ3v) is 4.86. The Hall–Kier alpha value is -0.970. The molecule has 1 aromatic rings. The molecule has 4 nitrogen and oxygen atoms in total. The minimum atomic E-state index is 0.504. The molecule has 1 aliphatic carbocycles. The summed E-state index contributed by atoms with van der Waals surface area (Å²) in [6, 6.07) is 0. The zero-order valence-corrected chi connectivity index (χ0v) is 12.8. The van der Waals surface area contributed by atoms with Gasteiger partial charge in [-0.05, 0) is 43.1 Å². The van der Waals surface area contributed by atoms with Crippen LogP contribution in [0.5, 0.6) is 5.75 Å². The van der Waals surface area contributed by atoms with Gasteiger partial charge in [0, 0.05) is 6.54 Å². The van der Waals surface area contributed by atoms with Crippen LogP contribution in [-0.4, -0.2) is 17.5 Å². The van der Waals surface area contributed by atoms with Crippen molar-refractivity contribution in [2.24, 2.45) is 11.8 Å². The SMILES string of the molecule is CCOc1c(N)nsc1NCC1CCC(CC)CC1. The first kappa shape index (κ1) is 14.4. The predicted octanol–water partition coefficient (Wildman–Crippen LogP) is 3.75. The number of nitrogens with one attached hydrogen (secondary N) is 1. The average molecular weight is 283 g/mol. The lowest BCUT2D eigenvalue weighted by atomic mass is 9.81. The summed E-state index contributed by atoms with van der Waals surface area (Å²) < 4.78 is 9.70. The van der Waals surface area contributed by atoms with E-state index in [-0.39, 0.29) is 0 Å². The van der Waals surface area contributed by atoms with Crippen molar-refractivity contribution >= 4 is 22.4 Å². The second-order valence-corrected chi connectivity index (χ2v) is 6.11. The molecule has 0 unspecified atom stereocenters. The molecular formula is C14H25N3OS. The van der Waals surface area contributed by atoms with Crippen LogP contribution in [0.4, 0.5) is 10.8 Å². The molecule has 0 amide bonds. The van der Waals surface area contributed by atoms with Crippen LogP contribution in [-0.2, 0) is 0 Å². The first-order valence-corrected chi connectivity index (χ1v) is 8.13. The lowest BCUT2D eigenvalue weighted by Gasteiger charge is -2.27. The molecule has 0 aromatic carbocycles. The fourth-order valence-corrected chi connectivity index (χ4v) is 3.44. The van der Waals surface area contributed by atoms with Crippen molar-refractivity contribution in [2.45, 2.75) is 46.0 Å². The summed E-state index contributed by atoms with van der Waals surface area (Å²) in [6.45, 7) is 5.90. The first-order chi connectivity index (χ1) is 9.24. The number of anilines is 2. The Balaban J connectivity index is 1.82. The van der Waals surface area contributed by atoms with Crippen LogP contribution in [0.2, 0.25) is 0 Å². The van der Waals surface area contributed by atoms with E-state index >= 15 is 0 Å². The molecule has 0 spiro atoms. The third kappa shape index (κ3) is 3.75. The minimum absolute atomic E-state index is 0.504. The van der Waals surface area contributed by atoms with E-state index in [1.807, 2.05) is 6.92 Å². The molecule has 0 saturated heterocycles. The van der Waals surface area contributed by atoms with Gasteiger partial charge in [0.05, 0.1) is 6.61 Å². The van der Waals surface area contributed by atoms with Crippen molar-refractivity contribution in [3.05, 3.63) is 0 Å². The van der Waals surface area contributed by atoms with Gasteiger partial charge in [-0.1, -0.05) is 26.2 Å². The monoisotopic (exact) mass is 283 g/mol. The fourth-order valence-electron chi connectivity index (χ4n) is 2.77.